The molecule has 2 N–H and O–H groups in total. The SMILES string of the molecule is Cc1nc(SCc2ccnc(CN)c2)oc1C. The van der Waals surface area contributed by atoms with Crippen LogP contribution in [-0.4, -0.2) is 9.97 Å². The number of hydrogen-bond donors (Lipinski definition) is 1. The van der Waals surface area contributed by atoms with Crippen molar-refractivity contribution in [3.8, 4) is 0 Å². The monoisotopic (exact) mass is 249 g/mol. The highest BCUT2D eigenvalue weighted by Crippen LogP contribution is 2.23. The topological polar surface area (TPSA) is 64.9 Å². The summed E-state index contributed by atoms with van der Waals surface area (Å²) in [5, 5.41) is 0.714. The molecule has 0 saturated heterocycles. The molecular weight excluding hydrogens is 234 g/mol. The Labute approximate surface area is 105 Å². The lowest BCUT2D eigenvalue weighted by atomic mass is 10.2. The molecule has 0 aliphatic carbocycles. The first-order valence-electron chi connectivity index (χ1n) is 5.39. The Morgan fingerprint density at radius 3 is 2.88 bits per heavy atom. The molecule has 0 aliphatic rings. The van der Waals surface area contributed by atoms with Crippen LogP contribution >= 0.6 is 11.8 Å². The lowest BCUT2D eigenvalue weighted by Crippen LogP contribution is -1.99. The predicted molar refractivity (Wildman–Crippen MR) is 67.7 cm³/mol. The maximum Gasteiger partial charge on any atom is 0.256 e. The zero-order valence-electron chi connectivity index (χ0n) is 9.93. The van der Waals surface area contributed by atoms with Gasteiger partial charge in [-0.15, -0.1) is 0 Å². The van der Waals surface area contributed by atoms with E-state index >= 15 is 0 Å². The first-order chi connectivity index (χ1) is 8.19. The molecule has 0 unspecified atom stereocenters. The van der Waals surface area contributed by atoms with Crippen molar-refractivity contribution in [2.75, 3.05) is 0 Å². The first kappa shape index (κ1) is 12.1. The number of oxazole rings is 1. The van der Waals surface area contributed by atoms with Gasteiger partial charge in [-0.1, -0.05) is 11.8 Å². The summed E-state index contributed by atoms with van der Waals surface area (Å²) < 4.78 is 5.50. The number of pyridine rings is 1. The fourth-order valence-electron chi connectivity index (χ4n) is 1.38. The van der Waals surface area contributed by atoms with Crippen LogP contribution < -0.4 is 5.73 Å². The Balaban J connectivity index is 2.01. The number of thioether (sulfide) groups is 1. The van der Waals surface area contributed by atoms with Gasteiger partial charge in [0, 0.05) is 18.5 Å². The first-order valence-corrected chi connectivity index (χ1v) is 6.38. The van der Waals surface area contributed by atoms with Crippen LogP contribution in [0.5, 0.6) is 0 Å². The second-order valence-corrected chi connectivity index (χ2v) is 4.70. The maximum absolute atomic E-state index is 5.55. The van der Waals surface area contributed by atoms with E-state index in [0.29, 0.717) is 11.8 Å². The van der Waals surface area contributed by atoms with E-state index < -0.39 is 0 Å². The molecule has 2 aromatic heterocycles. The summed E-state index contributed by atoms with van der Waals surface area (Å²) in [7, 11) is 0. The van der Waals surface area contributed by atoms with Crippen LogP contribution in [-0.2, 0) is 12.3 Å². The summed E-state index contributed by atoms with van der Waals surface area (Å²) in [5.74, 6) is 1.69. The van der Waals surface area contributed by atoms with Crippen LogP contribution in [0, 0.1) is 13.8 Å². The molecule has 2 heterocycles. The average Bonchev–Trinajstić information content (AvgIpc) is 2.67. The Morgan fingerprint density at radius 1 is 1.41 bits per heavy atom. The molecule has 2 aromatic rings. The second-order valence-electron chi connectivity index (χ2n) is 3.77. The van der Waals surface area contributed by atoms with Gasteiger partial charge in [-0.3, -0.25) is 4.98 Å². The molecule has 90 valence electrons. The largest absolute Gasteiger partial charge is 0.437 e. The maximum atomic E-state index is 5.55. The van der Waals surface area contributed by atoms with Crippen LogP contribution in [0.2, 0.25) is 0 Å². The molecule has 0 radical (unpaired) electrons. The van der Waals surface area contributed by atoms with Crippen molar-refractivity contribution in [3.63, 3.8) is 0 Å². The van der Waals surface area contributed by atoms with Crippen LogP contribution in [0.15, 0.2) is 28.0 Å². The van der Waals surface area contributed by atoms with Crippen LogP contribution in [0.4, 0.5) is 0 Å². The number of hydrogen-bond acceptors (Lipinski definition) is 5. The fourth-order valence-corrected chi connectivity index (χ4v) is 2.23. The third-order valence-corrected chi connectivity index (χ3v) is 3.36. The Hall–Kier alpha value is -1.33. The van der Waals surface area contributed by atoms with Gasteiger partial charge in [0.1, 0.15) is 5.76 Å². The van der Waals surface area contributed by atoms with E-state index in [-0.39, 0.29) is 0 Å². The lowest BCUT2D eigenvalue weighted by Gasteiger charge is -2.00. The Bertz CT molecular complexity index is 491. The summed E-state index contributed by atoms with van der Waals surface area (Å²) in [4.78, 5) is 8.48. The van der Waals surface area contributed by atoms with Crippen molar-refractivity contribution in [2.24, 2.45) is 5.73 Å². The van der Waals surface area contributed by atoms with Gasteiger partial charge >= 0.3 is 0 Å². The lowest BCUT2D eigenvalue weighted by molar-refractivity contribution is 0.431. The summed E-state index contributed by atoms with van der Waals surface area (Å²) in [5.41, 5.74) is 8.58. The normalized spacial score (nSPS) is 10.8. The van der Waals surface area contributed by atoms with E-state index in [1.54, 1.807) is 18.0 Å². The van der Waals surface area contributed by atoms with E-state index in [9.17, 15) is 0 Å². The molecule has 17 heavy (non-hydrogen) atoms. The van der Waals surface area contributed by atoms with Crippen LogP contribution in [0.25, 0.3) is 0 Å². The zero-order valence-corrected chi connectivity index (χ0v) is 10.8. The molecule has 0 saturated carbocycles. The van der Waals surface area contributed by atoms with E-state index in [2.05, 4.69) is 9.97 Å². The van der Waals surface area contributed by atoms with E-state index in [4.69, 9.17) is 10.2 Å². The van der Waals surface area contributed by atoms with Gasteiger partial charge in [0.05, 0.1) is 11.4 Å². The number of rotatable bonds is 4. The minimum absolute atomic E-state index is 0.468. The highest BCUT2D eigenvalue weighted by Gasteiger charge is 2.06. The standard InChI is InChI=1S/C12H15N3OS/c1-8-9(2)16-12(15-8)17-7-10-3-4-14-11(5-10)6-13/h3-5H,6-7,13H2,1-2H3. The molecule has 0 atom stereocenters. The molecule has 0 fully saturated rings. The number of aromatic nitrogens is 2. The quantitative estimate of drug-likeness (QED) is 0.843. The third-order valence-electron chi connectivity index (χ3n) is 2.46. The molecule has 0 aromatic carbocycles. The summed E-state index contributed by atoms with van der Waals surface area (Å²) in [6.07, 6.45) is 1.78. The van der Waals surface area contributed by atoms with Gasteiger partial charge in [0.2, 0.25) is 0 Å². The van der Waals surface area contributed by atoms with E-state index in [0.717, 1.165) is 22.9 Å². The molecule has 0 bridgehead atoms. The minimum Gasteiger partial charge on any atom is -0.437 e. The number of nitrogens with two attached hydrogens (primary N) is 1. The summed E-state index contributed by atoms with van der Waals surface area (Å²) in [6, 6.07) is 3.99. The summed E-state index contributed by atoms with van der Waals surface area (Å²) >= 11 is 1.58. The van der Waals surface area contributed by atoms with Crippen molar-refractivity contribution in [1.29, 1.82) is 0 Å². The van der Waals surface area contributed by atoms with Crippen molar-refractivity contribution in [3.05, 3.63) is 41.0 Å². The Morgan fingerprint density at radius 2 is 2.24 bits per heavy atom. The predicted octanol–water partition coefficient (Wildman–Crippen LogP) is 2.44. The van der Waals surface area contributed by atoms with Gasteiger partial charge in [-0.25, -0.2) is 4.98 Å². The minimum atomic E-state index is 0.468. The van der Waals surface area contributed by atoms with Gasteiger partial charge < -0.3 is 10.2 Å². The van der Waals surface area contributed by atoms with Gasteiger partial charge in [0.25, 0.3) is 5.22 Å². The van der Waals surface area contributed by atoms with E-state index in [1.807, 2.05) is 26.0 Å². The third kappa shape index (κ3) is 3.08. The average molecular weight is 249 g/mol. The smallest absolute Gasteiger partial charge is 0.256 e. The van der Waals surface area contributed by atoms with Crippen LogP contribution in [0.1, 0.15) is 22.7 Å². The molecule has 2 rings (SSSR count). The van der Waals surface area contributed by atoms with Gasteiger partial charge in [-0.2, -0.15) is 0 Å². The highest BCUT2D eigenvalue weighted by atomic mass is 32.2. The van der Waals surface area contributed by atoms with Crippen molar-refractivity contribution >= 4 is 11.8 Å². The fraction of sp³-hybridized carbons (Fsp3) is 0.333. The highest BCUT2D eigenvalue weighted by molar-refractivity contribution is 7.98. The Kier molecular flexibility index (Phi) is 3.81. The number of aryl methyl sites for hydroxylation is 2. The molecule has 0 amide bonds. The molecule has 0 spiro atoms. The number of nitrogens with zero attached hydrogens (tertiary/aromatic N) is 2. The molecular formula is C12H15N3OS. The van der Waals surface area contributed by atoms with Crippen molar-refractivity contribution < 1.29 is 4.42 Å². The molecule has 0 aliphatic heterocycles. The zero-order chi connectivity index (χ0) is 12.3. The van der Waals surface area contributed by atoms with Gasteiger partial charge in [0.15, 0.2) is 0 Å². The molecule has 5 heteroatoms. The van der Waals surface area contributed by atoms with Crippen molar-refractivity contribution in [1.82, 2.24) is 9.97 Å². The second kappa shape index (κ2) is 5.33. The van der Waals surface area contributed by atoms with E-state index in [1.165, 1.54) is 5.56 Å². The summed E-state index contributed by atoms with van der Waals surface area (Å²) in [6.45, 7) is 4.34. The van der Waals surface area contributed by atoms with Crippen LogP contribution in [0.3, 0.4) is 0 Å². The van der Waals surface area contributed by atoms with Crippen molar-refractivity contribution in [2.45, 2.75) is 31.4 Å². The molecule has 4 nitrogen and oxygen atoms in total. The van der Waals surface area contributed by atoms with Gasteiger partial charge in [-0.05, 0) is 31.5 Å².